The second-order valence-electron chi connectivity index (χ2n) is 9.39. The Hall–Kier alpha value is -3.45. The molecule has 6 nitrogen and oxygen atoms in total. The molecule has 0 saturated carbocycles. The highest BCUT2D eigenvalue weighted by molar-refractivity contribution is 8.26. The molecule has 3 aromatic rings. The van der Waals surface area contributed by atoms with Crippen molar-refractivity contribution in [2.75, 3.05) is 0 Å². The van der Waals surface area contributed by atoms with E-state index in [1.165, 1.54) is 53.6 Å². The summed E-state index contributed by atoms with van der Waals surface area (Å²) < 4.78 is 2.19. The zero-order valence-electron chi connectivity index (χ0n) is 20.8. The van der Waals surface area contributed by atoms with Gasteiger partial charge in [0, 0.05) is 29.2 Å². The van der Waals surface area contributed by atoms with E-state index < -0.39 is 0 Å². The molecule has 1 amide bonds. The van der Waals surface area contributed by atoms with Crippen LogP contribution in [0.3, 0.4) is 0 Å². The molecule has 0 spiro atoms. The number of para-hydroxylation sites is 1. The van der Waals surface area contributed by atoms with Gasteiger partial charge in [0.25, 0.3) is 5.91 Å². The first-order chi connectivity index (χ1) is 17.5. The SMILES string of the molecule is CCCCCCCC1=NN2C(=N)C(=Cc3cn(Cc4ccc(C)cc4)c4ccccc34)C(=O)N=C2S1. The second-order valence-corrected chi connectivity index (χ2v) is 10.4. The number of hydrogen-bond donors (Lipinski definition) is 1. The lowest BCUT2D eigenvalue weighted by Gasteiger charge is -2.20. The van der Waals surface area contributed by atoms with Gasteiger partial charge >= 0.3 is 0 Å². The first-order valence-corrected chi connectivity index (χ1v) is 13.5. The number of aliphatic imine (C=N–C) groups is 1. The van der Waals surface area contributed by atoms with E-state index in [1.54, 1.807) is 6.08 Å². The molecule has 0 unspecified atom stereocenters. The van der Waals surface area contributed by atoms with Gasteiger partial charge in [0.05, 0.1) is 5.57 Å². The monoisotopic (exact) mass is 497 g/mol. The van der Waals surface area contributed by atoms with Crippen LogP contribution in [0.1, 0.15) is 62.1 Å². The van der Waals surface area contributed by atoms with Crippen LogP contribution in [-0.4, -0.2) is 31.5 Å². The number of hydrazone groups is 1. The summed E-state index contributed by atoms with van der Waals surface area (Å²) >= 11 is 1.42. The Bertz CT molecular complexity index is 1400. The Morgan fingerprint density at radius 2 is 1.81 bits per heavy atom. The Morgan fingerprint density at radius 3 is 2.61 bits per heavy atom. The molecular formula is C29H31N5OS. The van der Waals surface area contributed by atoms with Gasteiger partial charge in [-0.15, -0.1) is 0 Å². The van der Waals surface area contributed by atoms with E-state index in [1.807, 2.05) is 12.1 Å². The van der Waals surface area contributed by atoms with Crippen LogP contribution in [0.5, 0.6) is 0 Å². The number of carbonyl (C=O) groups excluding carboxylic acids is 1. The van der Waals surface area contributed by atoms with Gasteiger partial charge in [-0.1, -0.05) is 80.6 Å². The fourth-order valence-corrected chi connectivity index (χ4v) is 5.51. The lowest BCUT2D eigenvalue weighted by Crippen LogP contribution is -2.35. The topological polar surface area (TPSA) is 73.8 Å². The maximum atomic E-state index is 13.0. The lowest BCUT2D eigenvalue weighted by atomic mass is 10.1. The predicted molar refractivity (Wildman–Crippen MR) is 151 cm³/mol. The maximum absolute atomic E-state index is 13.0. The van der Waals surface area contributed by atoms with E-state index in [2.05, 4.69) is 71.1 Å². The highest BCUT2D eigenvalue weighted by Gasteiger charge is 2.35. The molecular weight excluding hydrogens is 466 g/mol. The van der Waals surface area contributed by atoms with Crippen LogP contribution < -0.4 is 0 Å². The summed E-state index contributed by atoms with van der Waals surface area (Å²) in [6.07, 6.45) is 10.7. The average molecular weight is 498 g/mol. The summed E-state index contributed by atoms with van der Waals surface area (Å²) in [5, 5.41) is 17.4. The molecule has 0 atom stereocenters. The summed E-state index contributed by atoms with van der Waals surface area (Å²) in [6, 6.07) is 16.7. The largest absolute Gasteiger partial charge is 0.342 e. The fraction of sp³-hybridized carbons (Fsp3) is 0.310. The zero-order chi connectivity index (χ0) is 25.1. The van der Waals surface area contributed by atoms with E-state index in [-0.39, 0.29) is 17.3 Å². The van der Waals surface area contributed by atoms with Crippen LogP contribution in [0.15, 0.2) is 70.4 Å². The molecule has 1 aromatic heterocycles. The minimum absolute atomic E-state index is 0.0915. The molecule has 5 rings (SSSR count). The normalized spacial score (nSPS) is 16.6. The highest BCUT2D eigenvalue weighted by atomic mass is 32.2. The summed E-state index contributed by atoms with van der Waals surface area (Å²) in [5.74, 6) is -0.289. The van der Waals surface area contributed by atoms with Crippen molar-refractivity contribution in [1.29, 1.82) is 5.41 Å². The van der Waals surface area contributed by atoms with Crippen molar-refractivity contribution in [2.24, 2.45) is 10.1 Å². The molecule has 0 radical (unpaired) electrons. The number of carbonyl (C=O) groups is 1. The summed E-state index contributed by atoms with van der Waals surface area (Å²) in [5.41, 5.74) is 4.70. The van der Waals surface area contributed by atoms with Crippen molar-refractivity contribution < 1.29 is 4.79 Å². The van der Waals surface area contributed by atoms with Crippen LogP contribution in [0.4, 0.5) is 0 Å². The van der Waals surface area contributed by atoms with E-state index in [0.717, 1.165) is 40.9 Å². The number of fused-ring (bicyclic) bond motifs is 2. The molecule has 184 valence electrons. The number of benzene rings is 2. The van der Waals surface area contributed by atoms with E-state index >= 15 is 0 Å². The summed E-state index contributed by atoms with van der Waals surface area (Å²) in [4.78, 5) is 17.2. The predicted octanol–water partition coefficient (Wildman–Crippen LogP) is 6.98. The van der Waals surface area contributed by atoms with Crippen molar-refractivity contribution >= 4 is 50.7 Å². The van der Waals surface area contributed by atoms with E-state index in [9.17, 15) is 4.79 Å². The number of amides is 1. The van der Waals surface area contributed by atoms with Crippen molar-refractivity contribution in [1.82, 2.24) is 9.58 Å². The number of nitrogens with one attached hydrogen (secondary N) is 1. The molecule has 0 fully saturated rings. The minimum atomic E-state index is -0.381. The number of rotatable bonds is 9. The van der Waals surface area contributed by atoms with Gasteiger partial charge in [0.1, 0.15) is 5.04 Å². The third-order valence-electron chi connectivity index (χ3n) is 6.58. The van der Waals surface area contributed by atoms with Gasteiger partial charge in [0.15, 0.2) is 5.84 Å². The van der Waals surface area contributed by atoms with E-state index in [4.69, 9.17) is 5.41 Å². The summed E-state index contributed by atoms with van der Waals surface area (Å²) in [7, 11) is 0. The zero-order valence-corrected chi connectivity index (χ0v) is 21.6. The third kappa shape index (κ3) is 5.07. The number of amidine groups is 2. The van der Waals surface area contributed by atoms with Crippen molar-refractivity contribution in [3.63, 3.8) is 0 Å². The number of nitrogens with zero attached hydrogens (tertiary/aromatic N) is 4. The van der Waals surface area contributed by atoms with Crippen molar-refractivity contribution in [3.05, 3.63) is 77.0 Å². The van der Waals surface area contributed by atoms with E-state index in [0.29, 0.717) is 5.17 Å². The summed E-state index contributed by atoms with van der Waals surface area (Å²) in [6.45, 7) is 5.03. The number of aromatic nitrogens is 1. The van der Waals surface area contributed by atoms with Gasteiger partial charge < -0.3 is 4.57 Å². The first kappa shape index (κ1) is 24.3. The van der Waals surface area contributed by atoms with Crippen LogP contribution >= 0.6 is 11.8 Å². The van der Waals surface area contributed by atoms with Crippen LogP contribution in [0, 0.1) is 12.3 Å². The second kappa shape index (κ2) is 10.7. The van der Waals surface area contributed by atoms with Crippen LogP contribution in [0.25, 0.3) is 17.0 Å². The van der Waals surface area contributed by atoms with Gasteiger partial charge in [-0.05, 0) is 49.2 Å². The Morgan fingerprint density at radius 1 is 1.03 bits per heavy atom. The third-order valence-corrected chi connectivity index (χ3v) is 7.55. The number of aryl methyl sites for hydroxylation is 1. The Kier molecular flexibility index (Phi) is 7.18. The molecule has 2 aromatic carbocycles. The van der Waals surface area contributed by atoms with Crippen LogP contribution in [0.2, 0.25) is 0 Å². The molecule has 0 bridgehead atoms. The molecule has 2 aliphatic rings. The quantitative estimate of drug-likeness (QED) is 0.256. The first-order valence-electron chi connectivity index (χ1n) is 12.7. The molecule has 7 heteroatoms. The Labute approximate surface area is 216 Å². The molecule has 1 N–H and O–H groups in total. The smallest absolute Gasteiger partial charge is 0.283 e. The van der Waals surface area contributed by atoms with Crippen molar-refractivity contribution in [3.8, 4) is 0 Å². The minimum Gasteiger partial charge on any atom is -0.342 e. The van der Waals surface area contributed by atoms with Crippen LogP contribution in [-0.2, 0) is 11.3 Å². The van der Waals surface area contributed by atoms with Crippen molar-refractivity contribution in [2.45, 2.75) is 58.9 Å². The lowest BCUT2D eigenvalue weighted by molar-refractivity contribution is -0.114. The number of unbranched alkanes of at least 4 members (excludes halogenated alkanes) is 4. The number of thioether (sulfide) groups is 1. The standard InChI is InChI=1S/C29H31N5OS/c1-3-4-5-6-7-12-26-32-34-27(30)24(28(35)31-29(34)36-26)17-22-19-33(25-11-9-8-10-23(22)25)18-21-15-13-20(2)14-16-21/h8-11,13-17,19,30H,3-7,12,18H2,1-2H3. The highest BCUT2D eigenvalue weighted by Crippen LogP contribution is 2.31. The fourth-order valence-electron chi connectivity index (χ4n) is 4.58. The molecule has 36 heavy (non-hydrogen) atoms. The molecule has 3 heterocycles. The van der Waals surface area contributed by atoms with Gasteiger partial charge in [-0.3, -0.25) is 10.2 Å². The number of hydrogen-bond acceptors (Lipinski definition) is 4. The van der Waals surface area contributed by atoms with Gasteiger partial charge in [-0.25, -0.2) is 0 Å². The average Bonchev–Trinajstić information content (AvgIpc) is 3.44. The van der Waals surface area contributed by atoms with Gasteiger partial charge in [0.2, 0.25) is 5.17 Å². The molecule has 0 saturated heterocycles. The Balaban J connectivity index is 1.40. The maximum Gasteiger partial charge on any atom is 0.283 e. The molecule has 2 aliphatic heterocycles. The molecule has 0 aliphatic carbocycles. The van der Waals surface area contributed by atoms with Gasteiger partial charge in [-0.2, -0.15) is 15.1 Å².